The average Bonchev–Trinajstić information content (AvgIpc) is 3.34. The van der Waals surface area contributed by atoms with E-state index in [0.717, 1.165) is 56.6 Å². The number of methoxy groups -OCH3 is 1. The quantitative estimate of drug-likeness (QED) is 0.368. The van der Waals surface area contributed by atoms with Gasteiger partial charge in [0.05, 0.1) is 19.3 Å². The first-order chi connectivity index (χ1) is 17.9. The summed E-state index contributed by atoms with van der Waals surface area (Å²) in [6.07, 6.45) is 7.29. The molecule has 37 heavy (non-hydrogen) atoms. The normalized spacial score (nSPS) is 18.3. The summed E-state index contributed by atoms with van der Waals surface area (Å²) in [6.45, 7) is 6.85. The second-order valence-electron chi connectivity index (χ2n) is 10.2. The van der Waals surface area contributed by atoms with Crippen LogP contribution in [0.1, 0.15) is 68.8 Å². The summed E-state index contributed by atoms with van der Waals surface area (Å²) < 4.78 is 17.4. The minimum absolute atomic E-state index is 0.000329. The van der Waals surface area contributed by atoms with Crippen LogP contribution in [0.15, 0.2) is 30.3 Å². The van der Waals surface area contributed by atoms with E-state index < -0.39 is 12.0 Å². The Labute approximate surface area is 220 Å². The van der Waals surface area contributed by atoms with Gasteiger partial charge in [-0.3, -0.25) is 9.69 Å². The Balaban J connectivity index is 1.23. The zero-order valence-corrected chi connectivity index (χ0v) is 22.4. The van der Waals surface area contributed by atoms with Gasteiger partial charge in [-0.15, -0.1) is 0 Å². The van der Waals surface area contributed by atoms with Crippen molar-refractivity contribution in [3.63, 3.8) is 0 Å². The number of hydrogen-bond acceptors (Lipinski definition) is 7. The van der Waals surface area contributed by atoms with Crippen LogP contribution in [0.2, 0.25) is 0 Å². The number of likely N-dealkylation sites (tertiary alicyclic amines) is 1. The van der Waals surface area contributed by atoms with Crippen LogP contribution in [0.5, 0.6) is 11.5 Å². The van der Waals surface area contributed by atoms with E-state index >= 15 is 0 Å². The van der Waals surface area contributed by atoms with Crippen molar-refractivity contribution in [2.75, 3.05) is 38.7 Å². The Hall–Kier alpha value is -2.84. The number of carboxylic acid groups (broad SMARTS) is 1. The predicted molar refractivity (Wildman–Crippen MR) is 144 cm³/mol. The molecule has 1 aromatic carbocycles. The predicted octanol–water partition coefficient (Wildman–Crippen LogP) is 4.87. The molecule has 0 saturated carbocycles. The van der Waals surface area contributed by atoms with Gasteiger partial charge in [0.1, 0.15) is 23.4 Å². The molecule has 0 amide bonds. The van der Waals surface area contributed by atoms with Crippen LogP contribution in [0.3, 0.4) is 0 Å². The number of anilines is 1. The number of ether oxygens (including phenoxy) is 3. The van der Waals surface area contributed by atoms with E-state index in [9.17, 15) is 9.90 Å². The highest BCUT2D eigenvalue weighted by Crippen LogP contribution is 2.35. The van der Waals surface area contributed by atoms with Gasteiger partial charge in [-0.1, -0.05) is 12.5 Å². The van der Waals surface area contributed by atoms with E-state index in [0.29, 0.717) is 36.8 Å². The Bertz CT molecular complexity index is 1040. The first-order valence-corrected chi connectivity index (χ1v) is 13.6. The second-order valence-corrected chi connectivity index (χ2v) is 10.2. The van der Waals surface area contributed by atoms with Crippen LogP contribution in [0.4, 0.5) is 5.82 Å². The molecule has 3 heterocycles. The van der Waals surface area contributed by atoms with Gasteiger partial charge in [0, 0.05) is 37.5 Å². The first kappa shape index (κ1) is 27.2. The number of carboxylic acids is 1. The third-order valence-electron chi connectivity index (χ3n) is 7.03. The van der Waals surface area contributed by atoms with Gasteiger partial charge >= 0.3 is 5.97 Å². The molecular weight excluding hydrogens is 470 g/mol. The number of carbonyl (C=O) groups is 1. The molecule has 0 spiro atoms. The van der Waals surface area contributed by atoms with Crippen molar-refractivity contribution in [2.45, 2.75) is 77.0 Å². The van der Waals surface area contributed by atoms with E-state index in [4.69, 9.17) is 19.2 Å². The zero-order chi connectivity index (χ0) is 26.2. The van der Waals surface area contributed by atoms with Gasteiger partial charge in [-0.2, -0.15) is 0 Å². The number of aliphatic carboxylic acids is 1. The van der Waals surface area contributed by atoms with Gasteiger partial charge in [-0.25, -0.2) is 4.98 Å². The summed E-state index contributed by atoms with van der Waals surface area (Å²) in [7, 11) is 1.56. The van der Waals surface area contributed by atoms with Crippen LogP contribution in [-0.2, 0) is 22.4 Å². The van der Waals surface area contributed by atoms with Crippen LogP contribution in [-0.4, -0.2) is 66.5 Å². The highest BCUT2D eigenvalue weighted by Gasteiger charge is 2.36. The highest BCUT2D eigenvalue weighted by molar-refractivity contribution is 5.77. The number of rotatable bonds is 13. The number of nitrogens with one attached hydrogen (secondary N) is 1. The van der Waals surface area contributed by atoms with E-state index in [2.05, 4.69) is 17.4 Å². The summed E-state index contributed by atoms with van der Waals surface area (Å²) >= 11 is 0. The number of hydrogen-bond donors (Lipinski definition) is 2. The molecule has 2 aromatic rings. The average molecular weight is 512 g/mol. The molecular formula is C29H41N3O5. The molecule has 2 aliphatic rings. The molecule has 2 aliphatic heterocycles. The fraction of sp³-hybridized carbons (Fsp3) is 0.586. The molecule has 0 bridgehead atoms. The molecule has 4 rings (SSSR count). The number of aromatic nitrogens is 1. The van der Waals surface area contributed by atoms with E-state index in [1.165, 1.54) is 12.0 Å². The van der Waals surface area contributed by atoms with Gasteiger partial charge in [-0.05, 0) is 82.2 Å². The number of benzene rings is 1. The summed E-state index contributed by atoms with van der Waals surface area (Å²) in [6, 6.07) is 8.95. The Morgan fingerprint density at radius 1 is 1.22 bits per heavy atom. The lowest BCUT2D eigenvalue weighted by Crippen LogP contribution is -2.33. The Morgan fingerprint density at radius 2 is 2.08 bits per heavy atom. The Kier molecular flexibility index (Phi) is 9.63. The Morgan fingerprint density at radius 3 is 2.86 bits per heavy atom. The standard InChI is InChI=1S/C29H41N3O5/c1-20(2)37-23-12-13-26(35-3)25(18-23)27(29(33)34)32-16-14-24(19-32)36-17-6-4-5-9-22-11-10-21-8-7-15-30-28(21)31-22/h10-13,18,20,24,27H,4-9,14-17,19H2,1-3H3,(H,30,31)(H,33,34)/t24-,27?/m1/s1. The summed E-state index contributed by atoms with van der Waals surface area (Å²) in [5, 5.41) is 13.5. The number of pyridine rings is 1. The number of nitrogens with zero attached hydrogens (tertiary/aromatic N) is 2. The third-order valence-corrected chi connectivity index (χ3v) is 7.03. The minimum atomic E-state index is -0.897. The lowest BCUT2D eigenvalue weighted by molar-refractivity contribution is -0.143. The van der Waals surface area contributed by atoms with E-state index in [1.54, 1.807) is 19.2 Å². The molecule has 1 unspecified atom stereocenters. The van der Waals surface area contributed by atoms with Gasteiger partial charge in [0.15, 0.2) is 0 Å². The highest BCUT2D eigenvalue weighted by atomic mass is 16.5. The smallest absolute Gasteiger partial charge is 0.325 e. The largest absolute Gasteiger partial charge is 0.496 e. The SMILES string of the molecule is COc1ccc(OC(C)C)cc1C(C(=O)O)N1CC[C@@H](OCCCCCc2ccc3c(n2)NCCC3)C1. The number of fused-ring (bicyclic) bond motifs is 1. The fourth-order valence-corrected chi connectivity index (χ4v) is 5.23. The van der Waals surface area contributed by atoms with Crippen molar-refractivity contribution in [3.05, 3.63) is 47.2 Å². The van der Waals surface area contributed by atoms with Crippen molar-refractivity contribution < 1.29 is 24.1 Å². The van der Waals surface area contributed by atoms with Crippen molar-refractivity contribution in [2.24, 2.45) is 0 Å². The zero-order valence-electron chi connectivity index (χ0n) is 22.4. The van der Waals surface area contributed by atoms with Crippen molar-refractivity contribution >= 4 is 11.8 Å². The second kappa shape index (κ2) is 13.1. The molecule has 1 fully saturated rings. The van der Waals surface area contributed by atoms with Crippen LogP contribution >= 0.6 is 0 Å². The maximum Gasteiger partial charge on any atom is 0.325 e. The fourth-order valence-electron chi connectivity index (χ4n) is 5.23. The molecule has 0 radical (unpaired) electrons. The lowest BCUT2D eigenvalue weighted by Gasteiger charge is -2.26. The molecule has 1 aromatic heterocycles. The van der Waals surface area contributed by atoms with E-state index in [1.807, 2.05) is 24.8 Å². The maximum absolute atomic E-state index is 12.3. The maximum atomic E-state index is 12.3. The molecule has 202 valence electrons. The molecule has 0 aliphatic carbocycles. The van der Waals surface area contributed by atoms with Crippen LogP contribution in [0.25, 0.3) is 0 Å². The van der Waals surface area contributed by atoms with Gasteiger partial charge < -0.3 is 24.6 Å². The summed E-state index contributed by atoms with van der Waals surface area (Å²) in [5.74, 6) is 1.36. The molecule has 2 atom stereocenters. The topological polar surface area (TPSA) is 93.2 Å². The monoisotopic (exact) mass is 511 g/mol. The molecule has 2 N–H and O–H groups in total. The van der Waals surface area contributed by atoms with Crippen molar-refractivity contribution in [1.29, 1.82) is 0 Å². The van der Waals surface area contributed by atoms with Crippen LogP contribution < -0.4 is 14.8 Å². The summed E-state index contributed by atoms with van der Waals surface area (Å²) in [5.41, 5.74) is 3.09. The van der Waals surface area contributed by atoms with Crippen molar-refractivity contribution in [1.82, 2.24) is 9.88 Å². The molecule has 8 nitrogen and oxygen atoms in total. The van der Waals surface area contributed by atoms with Crippen molar-refractivity contribution in [3.8, 4) is 11.5 Å². The number of unbranched alkanes of at least 4 members (excludes halogenated alkanes) is 2. The molecule has 1 saturated heterocycles. The van der Waals surface area contributed by atoms with Gasteiger partial charge in [0.25, 0.3) is 0 Å². The minimum Gasteiger partial charge on any atom is -0.496 e. The van der Waals surface area contributed by atoms with E-state index in [-0.39, 0.29) is 12.2 Å². The van der Waals surface area contributed by atoms with Gasteiger partial charge in [0.2, 0.25) is 0 Å². The summed E-state index contributed by atoms with van der Waals surface area (Å²) in [4.78, 5) is 19.1. The number of aryl methyl sites for hydroxylation is 2. The molecule has 8 heteroatoms. The third kappa shape index (κ3) is 7.36. The van der Waals surface area contributed by atoms with Crippen LogP contribution in [0, 0.1) is 0 Å². The first-order valence-electron chi connectivity index (χ1n) is 13.6. The lowest BCUT2D eigenvalue weighted by atomic mass is 10.0.